The molecule has 6 heterocycles. The summed E-state index contributed by atoms with van der Waals surface area (Å²) in [4.78, 5) is 78.4. The molecule has 60 heavy (non-hydrogen) atoms. The summed E-state index contributed by atoms with van der Waals surface area (Å²) in [6.45, 7) is 6.03. The van der Waals surface area contributed by atoms with Crippen LogP contribution in [0.3, 0.4) is 0 Å². The Kier molecular flexibility index (Phi) is 11.0. The van der Waals surface area contributed by atoms with E-state index in [0.29, 0.717) is 34.2 Å². The maximum absolute atomic E-state index is 15.0. The van der Waals surface area contributed by atoms with Gasteiger partial charge in [-0.25, -0.2) is 19.2 Å². The molecule has 2 N–H and O–H groups in total. The molecule has 5 aromatic rings. The molecule has 4 fully saturated rings. The molecule has 1 aliphatic carbocycles. The second-order valence-electron chi connectivity index (χ2n) is 16.5. The Balaban J connectivity index is 0.721. The molecule has 3 saturated heterocycles. The third kappa shape index (κ3) is 8.20. The van der Waals surface area contributed by atoms with Gasteiger partial charge in [-0.15, -0.1) is 0 Å². The van der Waals surface area contributed by atoms with Crippen molar-refractivity contribution >= 4 is 40.5 Å². The molecule has 312 valence electrons. The van der Waals surface area contributed by atoms with Gasteiger partial charge in [0.2, 0.25) is 23.7 Å². The second-order valence-corrected chi connectivity index (χ2v) is 16.5. The fourth-order valence-electron chi connectivity index (χ4n) is 9.34. The topological polar surface area (TPSA) is 168 Å². The van der Waals surface area contributed by atoms with Crippen LogP contribution in [0.15, 0.2) is 87.1 Å². The lowest BCUT2D eigenvalue weighted by Gasteiger charge is -2.40. The number of halogens is 1. The first-order valence-electron chi connectivity index (χ1n) is 21.0. The van der Waals surface area contributed by atoms with Gasteiger partial charge in [0.25, 0.3) is 5.56 Å². The van der Waals surface area contributed by atoms with Crippen LogP contribution in [0.5, 0.6) is 0 Å². The number of carbonyl (C=O) groups excluding carboxylic acids is 3. The molecular weight excluding hydrogens is 770 g/mol. The summed E-state index contributed by atoms with van der Waals surface area (Å²) in [6.07, 6.45) is 8.37. The number of hydrogen-bond acceptors (Lipinski definition) is 11. The van der Waals surface area contributed by atoms with Crippen LogP contribution in [-0.2, 0) is 14.4 Å². The highest BCUT2D eigenvalue weighted by atomic mass is 19.1. The lowest BCUT2D eigenvalue weighted by Crippen LogP contribution is -2.49. The van der Waals surface area contributed by atoms with Crippen molar-refractivity contribution in [2.75, 3.05) is 56.0 Å². The van der Waals surface area contributed by atoms with Gasteiger partial charge in [-0.05, 0) is 81.2 Å². The molecule has 0 spiro atoms. The van der Waals surface area contributed by atoms with Crippen LogP contribution < -0.4 is 26.8 Å². The van der Waals surface area contributed by atoms with E-state index < -0.39 is 23.5 Å². The zero-order chi connectivity index (χ0) is 41.3. The summed E-state index contributed by atoms with van der Waals surface area (Å²) in [5.74, 6) is -0.868. The minimum Gasteiger partial charge on any atom is -0.408 e. The molecule has 9 rings (SSSR count). The van der Waals surface area contributed by atoms with Crippen molar-refractivity contribution in [2.24, 2.45) is 11.8 Å². The minimum absolute atomic E-state index is 0.00949. The van der Waals surface area contributed by atoms with E-state index in [-0.39, 0.29) is 47.9 Å². The first kappa shape index (κ1) is 39.3. The molecule has 3 aromatic heterocycles. The van der Waals surface area contributed by atoms with Gasteiger partial charge in [-0.2, -0.15) is 0 Å². The lowest BCUT2D eigenvalue weighted by atomic mass is 9.84. The Labute approximate surface area is 345 Å². The highest BCUT2D eigenvalue weighted by Crippen LogP contribution is 2.32. The van der Waals surface area contributed by atoms with Crippen LogP contribution >= 0.6 is 0 Å². The maximum Gasteiger partial charge on any atom is 0.420 e. The van der Waals surface area contributed by atoms with Gasteiger partial charge in [0.15, 0.2) is 11.4 Å². The molecule has 3 amide bonds. The van der Waals surface area contributed by atoms with Gasteiger partial charge in [0.1, 0.15) is 11.7 Å². The predicted octanol–water partition coefficient (Wildman–Crippen LogP) is 4.35. The van der Waals surface area contributed by atoms with E-state index in [1.54, 1.807) is 42.6 Å². The molecule has 16 heteroatoms. The lowest BCUT2D eigenvalue weighted by molar-refractivity contribution is -0.138. The summed E-state index contributed by atoms with van der Waals surface area (Å²) in [5, 5.41) is 5.70. The van der Waals surface area contributed by atoms with E-state index in [4.69, 9.17) is 4.42 Å². The molecule has 4 aliphatic rings. The van der Waals surface area contributed by atoms with Gasteiger partial charge in [0.05, 0.1) is 11.7 Å². The third-order valence-electron chi connectivity index (χ3n) is 12.7. The Morgan fingerprint density at radius 2 is 1.65 bits per heavy atom. The normalized spacial score (nSPS) is 21.9. The van der Waals surface area contributed by atoms with Gasteiger partial charge in [-0.3, -0.25) is 38.5 Å². The Morgan fingerprint density at radius 1 is 0.850 bits per heavy atom. The number of aromatic nitrogens is 4. The summed E-state index contributed by atoms with van der Waals surface area (Å²) >= 11 is 0. The fraction of sp³-hybridized carbons (Fsp3) is 0.432. The molecule has 1 saturated carbocycles. The van der Waals surface area contributed by atoms with E-state index in [2.05, 4.69) is 35.3 Å². The molecule has 0 radical (unpaired) electrons. The van der Waals surface area contributed by atoms with E-state index in [1.807, 2.05) is 18.2 Å². The number of hydrogen-bond donors (Lipinski definition) is 2. The van der Waals surface area contributed by atoms with Crippen LogP contribution in [0.2, 0.25) is 0 Å². The number of amides is 3. The number of fused-ring (bicyclic) bond motifs is 1. The molecule has 1 unspecified atom stereocenters. The SMILES string of the molecule is O=C1CCC(n2c(=O)oc3cc(N4CCN(CC5CCN(C(=O)[C@H]6CC[C@H](Nc7ncc(F)c(-c8cccc(-n9ccccc9=O)c8)n7)CC6)CC5)CC4)ccc32)C(=O)N1. The van der Waals surface area contributed by atoms with Crippen molar-refractivity contribution in [3.63, 3.8) is 0 Å². The zero-order valence-electron chi connectivity index (χ0n) is 33.3. The van der Waals surface area contributed by atoms with Crippen molar-refractivity contribution in [1.29, 1.82) is 0 Å². The summed E-state index contributed by atoms with van der Waals surface area (Å²) in [5.41, 5.74) is 3.05. The zero-order valence-corrected chi connectivity index (χ0v) is 33.3. The fourth-order valence-corrected chi connectivity index (χ4v) is 9.34. The number of pyridine rings is 1. The third-order valence-corrected chi connectivity index (χ3v) is 12.7. The second kappa shape index (κ2) is 16.8. The largest absolute Gasteiger partial charge is 0.420 e. The molecule has 0 bridgehead atoms. The maximum atomic E-state index is 15.0. The molecule has 1 atom stereocenters. The number of carbonyl (C=O) groups is 3. The average molecular weight is 818 g/mol. The summed E-state index contributed by atoms with van der Waals surface area (Å²) in [6, 6.07) is 16.9. The number of piperidine rings is 2. The van der Waals surface area contributed by atoms with Crippen molar-refractivity contribution in [2.45, 2.75) is 63.5 Å². The van der Waals surface area contributed by atoms with Gasteiger partial charge in [-0.1, -0.05) is 18.2 Å². The van der Waals surface area contributed by atoms with Crippen molar-refractivity contribution in [3.05, 3.63) is 99.8 Å². The number of imide groups is 1. The standard InChI is InChI=1S/C44H48FN9O6/c45-34-26-46-43(49-40(34)30-4-3-5-33(24-30)53-17-2-1-6-39(53)56)47-31-9-7-29(8-10-31)42(58)52-18-15-28(16-19-52)27-50-20-22-51(23-21-50)32-11-12-35-37(25-32)60-44(59)54(35)36-13-14-38(55)48-41(36)57/h1-6,11-12,17,24-26,28-29,31,36H,7-10,13-16,18-23,27H2,(H,46,47,49)(H,48,55,57)/t29-,31-,36?. The first-order chi connectivity index (χ1) is 29.2. The Bertz CT molecular complexity index is 2530. The number of piperazine rings is 1. The monoisotopic (exact) mass is 817 g/mol. The van der Waals surface area contributed by atoms with E-state index in [1.165, 1.54) is 21.4 Å². The quantitative estimate of drug-likeness (QED) is 0.203. The Morgan fingerprint density at radius 3 is 2.42 bits per heavy atom. The molecular formula is C44H48FN9O6. The number of oxazole rings is 1. The highest BCUT2D eigenvalue weighted by Gasteiger charge is 2.34. The number of benzene rings is 2. The Hall–Kier alpha value is -6.16. The van der Waals surface area contributed by atoms with Gasteiger partial charge >= 0.3 is 5.76 Å². The van der Waals surface area contributed by atoms with Gasteiger partial charge < -0.3 is 19.5 Å². The number of likely N-dealkylation sites (tertiary alicyclic amines) is 1. The van der Waals surface area contributed by atoms with Crippen LogP contribution in [0, 0.1) is 17.7 Å². The van der Waals surface area contributed by atoms with Crippen molar-refractivity contribution in [3.8, 4) is 16.9 Å². The molecule has 3 aliphatic heterocycles. The molecule has 15 nitrogen and oxygen atoms in total. The summed E-state index contributed by atoms with van der Waals surface area (Å²) in [7, 11) is 0. The number of rotatable bonds is 9. The number of anilines is 2. The van der Waals surface area contributed by atoms with Crippen LogP contribution in [-0.4, -0.2) is 98.5 Å². The molecule has 2 aromatic carbocycles. The minimum atomic E-state index is -0.770. The van der Waals surface area contributed by atoms with Crippen LogP contribution in [0.1, 0.15) is 57.4 Å². The first-order valence-corrected chi connectivity index (χ1v) is 21.0. The predicted molar refractivity (Wildman–Crippen MR) is 222 cm³/mol. The van der Waals surface area contributed by atoms with Crippen LogP contribution in [0.4, 0.5) is 16.0 Å². The van der Waals surface area contributed by atoms with E-state index >= 15 is 0 Å². The van der Waals surface area contributed by atoms with E-state index in [9.17, 15) is 28.4 Å². The number of nitrogens with one attached hydrogen (secondary N) is 2. The number of nitrogens with zero attached hydrogens (tertiary/aromatic N) is 7. The van der Waals surface area contributed by atoms with Crippen molar-refractivity contribution < 1.29 is 23.2 Å². The smallest absolute Gasteiger partial charge is 0.408 e. The highest BCUT2D eigenvalue weighted by molar-refractivity contribution is 6.00. The average Bonchev–Trinajstić information content (AvgIpc) is 3.59. The van der Waals surface area contributed by atoms with Crippen molar-refractivity contribution in [1.82, 2.24) is 34.2 Å². The van der Waals surface area contributed by atoms with Gasteiger partial charge in [0, 0.05) is 99.5 Å². The van der Waals surface area contributed by atoms with E-state index in [0.717, 1.165) is 90.0 Å². The summed E-state index contributed by atoms with van der Waals surface area (Å²) < 4.78 is 23.4. The van der Waals surface area contributed by atoms with Crippen LogP contribution in [0.25, 0.3) is 28.0 Å².